The van der Waals surface area contributed by atoms with Crippen LogP contribution in [-0.2, 0) is 0 Å². The van der Waals surface area contributed by atoms with Gasteiger partial charge in [-0.3, -0.25) is 0 Å². The highest BCUT2D eigenvalue weighted by molar-refractivity contribution is 5.92. The summed E-state index contributed by atoms with van der Waals surface area (Å²) in [6, 6.07) is 33.6. The predicted octanol–water partition coefficient (Wildman–Crippen LogP) is 7.48. The maximum atomic E-state index is 12.4. The first-order valence-corrected chi connectivity index (χ1v) is 12.6. The van der Waals surface area contributed by atoms with Crippen molar-refractivity contribution in [3.8, 4) is 45.3 Å². The standard InChI is InChI=1S/C34H26O6/c1-22-21-27(23-5-16-30(17-6-23)39-33(36)25-3-12-28(35)13-4-25)11-20-32(22)24-7-18-31(19-8-24)40-34(37)26-9-14-29(38-2)15-10-26/h3-21,35H,1-2H3. The van der Waals surface area contributed by atoms with E-state index in [0.29, 0.717) is 28.4 Å². The van der Waals surface area contributed by atoms with E-state index in [9.17, 15) is 14.7 Å². The number of ether oxygens (including phenoxy) is 3. The average Bonchev–Trinajstić information content (AvgIpc) is 2.98. The molecule has 0 atom stereocenters. The molecule has 0 unspecified atom stereocenters. The number of hydrogen-bond donors (Lipinski definition) is 1. The van der Waals surface area contributed by atoms with E-state index >= 15 is 0 Å². The third-order valence-corrected chi connectivity index (χ3v) is 6.43. The van der Waals surface area contributed by atoms with Crippen LogP contribution in [0.4, 0.5) is 0 Å². The Balaban J connectivity index is 1.24. The Hall–Kier alpha value is -5.36. The molecule has 0 saturated heterocycles. The van der Waals surface area contributed by atoms with Crippen molar-refractivity contribution in [3.05, 3.63) is 132 Å². The quantitative estimate of drug-likeness (QED) is 0.174. The van der Waals surface area contributed by atoms with Crippen molar-refractivity contribution in [2.75, 3.05) is 7.11 Å². The maximum absolute atomic E-state index is 12.4. The van der Waals surface area contributed by atoms with E-state index in [-0.39, 0.29) is 5.75 Å². The van der Waals surface area contributed by atoms with Crippen molar-refractivity contribution in [1.29, 1.82) is 0 Å². The number of phenolic OH excluding ortho intramolecular Hbond substituents is 1. The zero-order valence-corrected chi connectivity index (χ0v) is 22.0. The number of hydrogen-bond acceptors (Lipinski definition) is 6. The summed E-state index contributed by atoms with van der Waals surface area (Å²) in [7, 11) is 1.57. The highest BCUT2D eigenvalue weighted by Crippen LogP contribution is 2.31. The summed E-state index contributed by atoms with van der Waals surface area (Å²) < 4.78 is 16.1. The lowest BCUT2D eigenvalue weighted by Gasteiger charge is -2.11. The van der Waals surface area contributed by atoms with Crippen molar-refractivity contribution in [3.63, 3.8) is 0 Å². The number of benzene rings is 5. The van der Waals surface area contributed by atoms with Crippen LogP contribution in [0, 0.1) is 6.92 Å². The topological polar surface area (TPSA) is 82.1 Å². The highest BCUT2D eigenvalue weighted by Gasteiger charge is 2.11. The van der Waals surface area contributed by atoms with Crippen LogP contribution >= 0.6 is 0 Å². The molecule has 0 bridgehead atoms. The van der Waals surface area contributed by atoms with Crippen LogP contribution in [-0.4, -0.2) is 24.2 Å². The maximum Gasteiger partial charge on any atom is 0.343 e. The molecule has 0 aliphatic carbocycles. The molecule has 5 aromatic carbocycles. The van der Waals surface area contributed by atoms with Crippen LogP contribution in [0.25, 0.3) is 22.3 Å². The Morgan fingerprint density at radius 1 is 0.550 bits per heavy atom. The van der Waals surface area contributed by atoms with Gasteiger partial charge in [0.2, 0.25) is 0 Å². The number of carbonyl (C=O) groups is 2. The third kappa shape index (κ3) is 6.03. The molecule has 40 heavy (non-hydrogen) atoms. The van der Waals surface area contributed by atoms with Crippen molar-refractivity contribution in [1.82, 2.24) is 0 Å². The first-order chi connectivity index (χ1) is 19.4. The van der Waals surface area contributed by atoms with Gasteiger partial charge in [0, 0.05) is 0 Å². The molecule has 0 aromatic heterocycles. The van der Waals surface area contributed by atoms with Gasteiger partial charge >= 0.3 is 11.9 Å². The summed E-state index contributed by atoms with van der Waals surface area (Å²) in [6.07, 6.45) is 0. The molecule has 198 valence electrons. The fraction of sp³-hybridized carbons (Fsp3) is 0.0588. The summed E-state index contributed by atoms with van der Waals surface area (Å²) in [5.74, 6) is 0.733. The molecule has 0 amide bonds. The molecule has 0 spiro atoms. The van der Waals surface area contributed by atoms with E-state index in [0.717, 1.165) is 27.8 Å². The number of aryl methyl sites for hydroxylation is 1. The summed E-state index contributed by atoms with van der Waals surface area (Å²) in [5.41, 5.74) is 5.98. The summed E-state index contributed by atoms with van der Waals surface area (Å²) in [4.78, 5) is 24.8. The third-order valence-electron chi connectivity index (χ3n) is 6.43. The van der Waals surface area contributed by atoms with Crippen molar-refractivity contribution < 1.29 is 28.9 Å². The van der Waals surface area contributed by atoms with Crippen LogP contribution in [0.3, 0.4) is 0 Å². The molecular formula is C34H26O6. The van der Waals surface area contributed by atoms with Gasteiger partial charge in [0.05, 0.1) is 18.2 Å². The molecule has 0 heterocycles. The molecule has 0 aliphatic rings. The minimum absolute atomic E-state index is 0.0884. The molecule has 1 N–H and O–H groups in total. The molecule has 6 heteroatoms. The van der Waals surface area contributed by atoms with Gasteiger partial charge in [0.25, 0.3) is 0 Å². The van der Waals surface area contributed by atoms with Gasteiger partial charge in [0.1, 0.15) is 23.0 Å². The lowest BCUT2D eigenvalue weighted by Crippen LogP contribution is -2.08. The Morgan fingerprint density at radius 2 is 1.00 bits per heavy atom. The monoisotopic (exact) mass is 530 g/mol. The number of phenols is 1. The fourth-order valence-corrected chi connectivity index (χ4v) is 4.24. The minimum atomic E-state index is -0.491. The lowest BCUT2D eigenvalue weighted by molar-refractivity contribution is 0.0725. The first-order valence-electron chi connectivity index (χ1n) is 12.6. The van der Waals surface area contributed by atoms with Crippen LogP contribution < -0.4 is 14.2 Å². The second kappa shape index (κ2) is 11.6. The van der Waals surface area contributed by atoms with Crippen LogP contribution in [0.15, 0.2) is 115 Å². The second-order valence-corrected chi connectivity index (χ2v) is 9.13. The molecule has 6 nitrogen and oxygen atoms in total. The zero-order chi connectivity index (χ0) is 28.1. The Kier molecular flexibility index (Phi) is 7.60. The number of rotatable bonds is 7. The highest BCUT2D eigenvalue weighted by atomic mass is 16.5. The molecule has 0 saturated carbocycles. The van der Waals surface area contributed by atoms with Gasteiger partial charge in [0.15, 0.2) is 0 Å². The van der Waals surface area contributed by atoms with Crippen molar-refractivity contribution in [2.24, 2.45) is 0 Å². The number of aromatic hydroxyl groups is 1. The molecular weight excluding hydrogens is 504 g/mol. The zero-order valence-electron chi connectivity index (χ0n) is 22.0. The smallest absolute Gasteiger partial charge is 0.343 e. The van der Waals surface area contributed by atoms with E-state index in [1.54, 1.807) is 55.6 Å². The van der Waals surface area contributed by atoms with E-state index in [1.165, 1.54) is 24.3 Å². The largest absolute Gasteiger partial charge is 0.508 e. The van der Waals surface area contributed by atoms with Gasteiger partial charge in [-0.15, -0.1) is 0 Å². The summed E-state index contributed by atoms with van der Waals surface area (Å²) in [5, 5.41) is 9.39. The van der Waals surface area contributed by atoms with Crippen LogP contribution in [0.1, 0.15) is 26.3 Å². The van der Waals surface area contributed by atoms with E-state index in [4.69, 9.17) is 14.2 Å². The van der Waals surface area contributed by atoms with Crippen LogP contribution in [0.5, 0.6) is 23.0 Å². The lowest BCUT2D eigenvalue weighted by atomic mass is 9.96. The Labute approximate surface area is 232 Å². The van der Waals surface area contributed by atoms with Crippen molar-refractivity contribution >= 4 is 11.9 Å². The second-order valence-electron chi connectivity index (χ2n) is 9.13. The molecule has 0 radical (unpaired) electrons. The van der Waals surface area contributed by atoms with Gasteiger partial charge < -0.3 is 19.3 Å². The number of carbonyl (C=O) groups excluding carboxylic acids is 2. The number of esters is 2. The van der Waals surface area contributed by atoms with E-state index in [2.05, 4.69) is 12.1 Å². The molecule has 5 aromatic rings. The SMILES string of the molecule is COc1ccc(C(=O)Oc2ccc(-c3ccc(-c4ccc(OC(=O)c5ccc(O)cc5)cc4)cc3C)cc2)cc1. The van der Waals surface area contributed by atoms with Crippen molar-refractivity contribution in [2.45, 2.75) is 6.92 Å². The first kappa shape index (κ1) is 26.3. The Bertz CT molecular complexity index is 1640. The predicted molar refractivity (Wildman–Crippen MR) is 153 cm³/mol. The molecule has 0 fully saturated rings. The average molecular weight is 531 g/mol. The van der Waals surface area contributed by atoms with Crippen LogP contribution in [0.2, 0.25) is 0 Å². The normalized spacial score (nSPS) is 10.6. The van der Waals surface area contributed by atoms with Gasteiger partial charge in [-0.05, 0) is 108 Å². The van der Waals surface area contributed by atoms with Gasteiger partial charge in [-0.1, -0.05) is 42.5 Å². The Morgan fingerprint density at radius 3 is 1.50 bits per heavy atom. The van der Waals surface area contributed by atoms with Gasteiger partial charge in [-0.2, -0.15) is 0 Å². The summed E-state index contributed by atoms with van der Waals surface area (Å²) >= 11 is 0. The minimum Gasteiger partial charge on any atom is -0.508 e. The molecule has 5 rings (SSSR count). The molecule has 0 aliphatic heterocycles. The van der Waals surface area contributed by atoms with E-state index < -0.39 is 11.9 Å². The summed E-state index contributed by atoms with van der Waals surface area (Å²) in [6.45, 7) is 2.05. The fourth-order valence-electron chi connectivity index (χ4n) is 4.24. The number of methoxy groups -OCH3 is 1. The van der Waals surface area contributed by atoms with Gasteiger partial charge in [-0.25, -0.2) is 9.59 Å². The van der Waals surface area contributed by atoms with E-state index in [1.807, 2.05) is 37.3 Å².